The van der Waals surface area contributed by atoms with E-state index in [2.05, 4.69) is 38.4 Å². The van der Waals surface area contributed by atoms with Gasteiger partial charge in [0, 0.05) is 11.4 Å². The first-order valence-electron chi connectivity index (χ1n) is 8.74. The lowest BCUT2D eigenvalue weighted by molar-refractivity contribution is 0.158. The van der Waals surface area contributed by atoms with Crippen molar-refractivity contribution >= 4 is 11.3 Å². The molecule has 2 aliphatic carbocycles. The maximum atomic E-state index is 5.01. The molecule has 0 saturated heterocycles. The third kappa shape index (κ3) is 3.34. The zero-order valence-electron chi connectivity index (χ0n) is 14.0. The fourth-order valence-corrected chi connectivity index (χ4v) is 4.81. The highest BCUT2D eigenvalue weighted by molar-refractivity contribution is 7.09. The number of hydrogen-bond donors (Lipinski definition) is 1. The SMILES string of the molecule is CC(C)c1csc(C2(NC3CC3)CCC(C(C)C)CC2)n1. The molecule has 1 aromatic rings. The van der Waals surface area contributed by atoms with E-state index in [0.717, 1.165) is 17.9 Å². The number of thiazole rings is 1. The van der Waals surface area contributed by atoms with Gasteiger partial charge >= 0.3 is 0 Å². The van der Waals surface area contributed by atoms with Crippen LogP contribution in [0.15, 0.2) is 5.38 Å². The van der Waals surface area contributed by atoms with Gasteiger partial charge in [0.1, 0.15) is 5.01 Å². The Bertz CT molecular complexity index is 465. The van der Waals surface area contributed by atoms with Gasteiger partial charge in [-0.2, -0.15) is 0 Å². The third-order valence-corrected chi connectivity index (χ3v) is 6.47. The molecule has 2 aliphatic rings. The van der Waals surface area contributed by atoms with Crippen molar-refractivity contribution in [1.29, 1.82) is 0 Å². The van der Waals surface area contributed by atoms with E-state index in [-0.39, 0.29) is 5.54 Å². The van der Waals surface area contributed by atoms with Crippen LogP contribution in [-0.2, 0) is 5.54 Å². The van der Waals surface area contributed by atoms with E-state index in [4.69, 9.17) is 4.98 Å². The lowest BCUT2D eigenvalue weighted by atomic mass is 9.73. The van der Waals surface area contributed by atoms with Crippen LogP contribution in [0.2, 0.25) is 0 Å². The van der Waals surface area contributed by atoms with Gasteiger partial charge in [0.05, 0.1) is 11.2 Å². The summed E-state index contributed by atoms with van der Waals surface area (Å²) in [6, 6.07) is 0.756. The first-order chi connectivity index (χ1) is 10.00. The van der Waals surface area contributed by atoms with E-state index in [1.807, 2.05) is 11.3 Å². The van der Waals surface area contributed by atoms with Gasteiger partial charge < -0.3 is 5.32 Å². The van der Waals surface area contributed by atoms with Crippen LogP contribution in [0.5, 0.6) is 0 Å². The van der Waals surface area contributed by atoms with Crippen LogP contribution < -0.4 is 5.32 Å². The van der Waals surface area contributed by atoms with E-state index in [9.17, 15) is 0 Å². The summed E-state index contributed by atoms with van der Waals surface area (Å²) in [6.45, 7) is 9.25. The highest BCUT2D eigenvalue weighted by Gasteiger charge is 2.43. The van der Waals surface area contributed by atoms with E-state index >= 15 is 0 Å². The smallest absolute Gasteiger partial charge is 0.113 e. The predicted molar refractivity (Wildman–Crippen MR) is 90.8 cm³/mol. The predicted octanol–water partition coefficient (Wildman–Crippen LogP) is 5.06. The van der Waals surface area contributed by atoms with Crippen LogP contribution in [0, 0.1) is 11.8 Å². The topological polar surface area (TPSA) is 24.9 Å². The van der Waals surface area contributed by atoms with Crippen molar-refractivity contribution in [2.75, 3.05) is 0 Å². The molecule has 0 radical (unpaired) electrons. The van der Waals surface area contributed by atoms with Crippen LogP contribution in [0.25, 0.3) is 0 Å². The quantitative estimate of drug-likeness (QED) is 0.822. The van der Waals surface area contributed by atoms with Crippen LogP contribution in [-0.4, -0.2) is 11.0 Å². The molecular weight excluding hydrogens is 276 g/mol. The summed E-state index contributed by atoms with van der Waals surface area (Å²) in [5.74, 6) is 2.27. The fraction of sp³-hybridized carbons (Fsp3) is 0.833. The Morgan fingerprint density at radius 1 is 1.14 bits per heavy atom. The minimum Gasteiger partial charge on any atom is -0.303 e. The molecule has 21 heavy (non-hydrogen) atoms. The lowest BCUT2D eigenvalue weighted by Crippen LogP contribution is -2.46. The van der Waals surface area contributed by atoms with Crippen molar-refractivity contribution in [3.8, 4) is 0 Å². The molecule has 0 spiro atoms. The van der Waals surface area contributed by atoms with Gasteiger partial charge in [-0.3, -0.25) is 0 Å². The van der Waals surface area contributed by atoms with Crippen molar-refractivity contribution in [3.05, 3.63) is 16.1 Å². The maximum Gasteiger partial charge on any atom is 0.113 e. The minimum atomic E-state index is 0.185. The largest absolute Gasteiger partial charge is 0.303 e. The second-order valence-corrected chi connectivity index (χ2v) is 8.67. The molecule has 3 heteroatoms. The molecule has 1 heterocycles. The second kappa shape index (κ2) is 6.00. The molecule has 0 bridgehead atoms. The number of hydrogen-bond acceptors (Lipinski definition) is 3. The summed E-state index contributed by atoms with van der Waals surface area (Å²) in [5.41, 5.74) is 1.46. The summed E-state index contributed by atoms with van der Waals surface area (Å²) in [6.07, 6.45) is 7.98. The van der Waals surface area contributed by atoms with Gasteiger partial charge in [0.2, 0.25) is 0 Å². The average Bonchev–Trinajstić information content (AvgIpc) is 3.10. The third-order valence-electron chi connectivity index (χ3n) is 5.41. The Kier molecular flexibility index (Phi) is 4.42. The Morgan fingerprint density at radius 2 is 1.81 bits per heavy atom. The van der Waals surface area contributed by atoms with Gasteiger partial charge in [-0.25, -0.2) is 4.98 Å². The molecule has 1 N–H and O–H groups in total. The van der Waals surface area contributed by atoms with Crippen molar-refractivity contribution in [2.45, 2.75) is 83.7 Å². The number of nitrogens with one attached hydrogen (secondary N) is 1. The Balaban J connectivity index is 1.80. The molecule has 2 saturated carbocycles. The molecule has 3 rings (SSSR count). The second-order valence-electron chi connectivity index (χ2n) is 7.81. The number of nitrogens with zero attached hydrogens (tertiary/aromatic N) is 1. The first-order valence-corrected chi connectivity index (χ1v) is 9.62. The molecule has 1 aromatic heterocycles. The molecule has 118 valence electrons. The van der Waals surface area contributed by atoms with Crippen molar-refractivity contribution < 1.29 is 0 Å². The van der Waals surface area contributed by atoms with E-state index in [1.165, 1.54) is 49.2 Å². The van der Waals surface area contributed by atoms with Gasteiger partial charge in [0.25, 0.3) is 0 Å². The lowest BCUT2D eigenvalue weighted by Gasteiger charge is -2.41. The zero-order valence-corrected chi connectivity index (χ0v) is 14.8. The molecule has 0 amide bonds. The molecule has 2 fully saturated rings. The van der Waals surface area contributed by atoms with E-state index in [0.29, 0.717) is 5.92 Å². The van der Waals surface area contributed by atoms with Gasteiger partial charge in [-0.15, -0.1) is 11.3 Å². The van der Waals surface area contributed by atoms with E-state index in [1.54, 1.807) is 0 Å². The molecule has 0 atom stereocenters. The van der Waals surface area contributed by atoms with Crippen molar-refractivity contribution in [2.24, 2.45) is 11.8 Å². The van der Waals surface area contributed by atoms with Crippen LogP contribution in [0.4, 0.5) is 0 Å². The standard InChI is InChI=1S/C18H30N2S/c1-12(2)14-7-9-18(10-8-14,20-15-5-6-15)17-19-16(11-21-17)13(3)4/h11-15,20H,5-10H2,1-4H3. The molecular formula is C18H30N2S. The Morgan fingerprint density at radius 3 is 2.29 bits per heavy atom. The fourth-order valence-electron chi connectivity index (χ4n) is 3.61. The Labute approximate surface area is 133 Å². The number of rotatable bonds is 5. The van der Waals surface area contributed by atoms with E-state index < -0.39 is 0 Å². The van der Waals surface area contributed by atoms with Crippen LogP contribution >= 0.6 is 11.3 Å². The molecule has 2 nitrogen and oxygen atoms in total. The zero-order chi connectivity index (χ0) is 15.0. The van der Waals surface area contributed by atoms with Crippen LogP contribution in [0.3, 0.4) is 0 Å². The minimum absolute atomic E-state index is 0.185. The molecule has 0 aromatic carbocycles. The van der Waals surface area contributed by atoms with Gasteiger partial charge in [0.15, 0.2) is 0 Å². The highest BCUT2D eigenvalue weighted by atomic mass is 32.1. The van der Waals surface area contributed by atoms with Crippen LogP contribution in [0.1, 0.15) is 82.8 Å². The van der Waals surface area contributed by atoms with Crippen molar-refractivity contribution in [3.63, 3.8) is 0 Å². The van der Waals surface area contributed by atoms with Gasteiger partial charge in [-0.1, -0.05) is 27.7 Å². The first kappa shape index (κ1) is 15.5. The maximum absolute atomic E-state index is 5.01. The summed E-state index contributed by atoms with van der Waals surface area (Å²) in [7, 11) is 0. The monoisotopic (exact) mass is 306 g/mol. The summed E-state index contributed by atoms with van der Waals surface area (Å²) in [4.78, 5) is 5.01. The number of aromatic nitrogens is 1. The molecule has 0 unspecified atom stereocenters. The average molecular weight is 307 g/mol. The highest BCUT2D eigenvalue weighted by Crippen LogP contribution is 2.45. The summed E-state index contributed by atoms with van der Waals surface area (Å²) < 4.78 is 0. The normalized spacial score (nSPS) is 30.3. The summed E-state index contributed by atoms with van der Waals surface area (Å²) in [5, 5.41) is 7.63. The van der Waals surface area contributed by atoms with Crippen molar-refractivity contribution in [1.82, 2.24) is 10.3 Å². The summed E-state index contributed by atoms with van der Waals surface area (Å²) >= 11 is 1.89. The Hall–Kier alpha value is -0.410. The molecule has 0 aliphatic heterocycles. The van der Waals surface area contributed by atoms with Gasteiger partial charge in [-0.05, 0) is 56.3 Å².